The molecule has 1 heterocycles. The van der Waals surface area contributed by atoms with E-state index in [0.29, 0.717) is 17.0 Å². The Balaban J connectivity index is 1.79. The topological polar surface area (TPSA) is 58.6 Å². The third-order valence-corrected chi connectivity index (χ3v) is 4.43. The summed E-state index contributed by atoms with van der Waals surface area (Å²) in [5, 5.41) is 14.8. The number of benzene rings is 1. The summed E-state index contributed by atoms with van der Waals surface area (Å²) in [7, 11) is 1.57. The molecule has 0 saturated heterocycles. The lowest BCUT2D eigenvalue weighted by Crippen LogP contribution is -2.33. The van der Waals surface area contributed by atoms with Crippen LogP contribution in [-0.4, -0.2) is 24.2 Å². The molecular weight excluding hydrogens is 274 g/mol. The van der Waals surface area contributed by atoms with Gasteiger partial charge >= 0.3 is 0 Å². The number of carbonyl (C=O) groups is 1. The molecule has 0 spiro atoms. The molecule has 1 amide bonds. The highest BCUT2D eigenvalue weighted by atomic mass is 32.1. The minimum atomic E-state index is -0.571. The van der Waals surface area contributed by atoms with Gasteiger partial charge in [0.1, 0.15) is 5.75 Å². The third-order valence-electron chi connectivity index (χ3n) is 3.53. The Morgan fingerprint density at radius 3 is 3.00 bits per heavy atom. The van der Waals surface area contributed by atoms with Crippen molar-refractivity contribution in [2.24, 2.45) is 0 Å². The number of ether oxygens (including phenoxy) is 1. The Labute approximate surface area is 121 Å². The highest BCUT2D eigenvalue weighted by Crippen LogP contribution is 2.32. The molecule has 0 radical (unpaired) electrons. The minimum absolute atomic E-state index is 0.181. The second kappa shape index (κ2) is 5.26. The van der Waals surface area contributed by atoms with Gasteiger partial charge < -0.3 is 15.2 Å². The number of thiophene rings is 1. The quantitative estimate of drug-likeness (QED) is 0.910. The molecule has 0 saturated carbocycles. The fourth-order valence-electron chi connectivity index (χ4n) is 2.51. The second-order valence-corrected chi connectivity index (χ2v) is 5.68. The number of carbonyl (C=O) groups excluding carboxylic acids is 1. The first-order chi connectivity index (χ1) is 9.69. The van der Waals surface area contributed by atoms with Crippen LogP contribution in [-0.2, 0) is 6.42 Å². The monoisotopic (exact) mass is 289 g/mol. The molecule has 0 fully saturated rings. The van der Waals surface area contributed by atoms with Gasteiger partial charge in [0.05, 0.1) is 24.1 Å². The normalized spacial score (nSPS) is 20.5. The smallest absolute Gasteiger partial charge is 0.262 e. The SMILES string of the molecule is COc1csc(C(=O)NC2c3ccccc3CC2O)c1. The van der Waals surface area contributed by atoms with Gasteiger partial charge in [-0.3, -0.25) is 4.79 Å². The van der Waals surface area contributed by atoms with E-state index in [0.717, 1.165) is 11.1 Å². The highest BCUT2D eigenvalue weighted by Gasteiger charge is 2.32. The van der Waals surface area contributed by atoms with E-state index in [9.17, 15) is 9.90 Å². The summed E-state index contributed by atoms with van der Waals surface area (Å²) in [6, 6.07) is 9.16. The van der Waals surface area contributed by atoms with Crippen LogP contribution in [0.5, 0.6) is 5.75 Å². The lowest BCUT2D eigenvalue weighted by atomic mass is 10.1. The van der Waals surface area contributed by atoms with Crippen LogP contribution in [0, 0.1) is 0 Å². The van der Waals surface area contributed by atoms with Crippen LogP contribution in [0.1, 0.15) is 26.8 Å². The molecule has 4 nitrogen and oxygen atoms in total. The zero-order chi connectivity index (χ0) is 14.1. The zero-order valence-electron chi connectivity index (χ0n) is 11.0. The number of methoxy groups -OCH3 is 1. The van der Waals surface area contributed by atoms with E-state index in [1.807, 2.05) is 24.3 Å². The second-order valence-electron chi connectivity index (χ2n) is 4.77. The van der Waals surface area contributed by atoms with E-state index in [1.165, 1.54) is 11.3 Å². The number of rotatable bonds is 3. The van der Waals surface area contributed by atoms with Crippen molar-refractivity contribution in [2.45, 2.75) is 18.6 Å². The van der Waals surface area contributed by atoms with E-state index in [4.69, 9.17) is 4.74 Å². The number of hydrogen-bond acceptors (Lipinski definition) is 4. The molecule has 3 rings (SSSR count). The van der Waals surface area contributed by atoms with E-state index in [-0.39, 0.29) is 11.9 Å². The average Bonchev–Trinajstić information content (AvgIpc) is 3.04. The molecule has 2 unspecified atom stereocenters. The Hall–Kier alpha value is -1.85. The van der Waals surface area contributed by atoms with Crippen LogP contribution in [0.2, 0.25) is 0 Å². The molecule has 2 aromatic rings. The van der Waals surface area contributed by atoms with Crippen molar-refractivity contribution in [1.82, 2.24) is 5.32 Å². The van der Waals surface area contributed by atoms with Gasteiger partial charge in [0.2, 0.25) is 0 Å². The predicted molar refractivity (Wildman–Crippen MR) is 77.2 cm³/mol. The van der Waals surface area contributed by atoms with Crippen LogP contribution < -0.4 is 10.1 Å². The fourth-order valence-corrected chi connectivity index (χ4v) is 3.26. The molecule has 1 aliphatic carbocycles. The van der Waals surface area contributed by atoms with Crippen molar-refractivity contribution in [2.75, 3.05) is 7.11 Å². The molecule has 5 heteroatoms. The van der Waals surface area contributed by atoms with Crippen LogP contribution in [0.4, 0.5) is 0 Å². The Morgan fingerprint density at radius 2 is 2.25 bits per heavy atom. The number of aliphatic hydroxyl groups excluding tert-OH is 1. The summed E-state index contributed by atoms with van der Waals surface area (Å²) in [5.41, 5.74) is 2.09. The number of aliphatic hydroxyl groups is 1. The van der Waals surface area contributed by atoms with Crippen molar-refractivity contribution in [3.05, 3.63) is 51.7 Å². The third kappa shape index (κ3) is 2.30. The molecule has 2 atom stereocenters. The Kier molecular flexibility index (Phi) is 3.46. The van der Waals surface area contributed by atoms with Crippen molar-refractivity contribution in [3.63, 3.8) is 0 Å². The summed E-state index contributed by atoms with van der Waals surface area (Å²) in [6.45, 7) is 0. The highest BCUT2D eigenvalue weighted by molar-refractivity contribution is 7.12. The van der Waals surface area contributed by atoms with Gasteiger partial charge in [0.15, 0.2) is 0 Å². The first-order valence-electron chi connectivity index (χ1n) is 6.38. The zero-order valence-corrected chi connectivity index (χ0v) is 11.8. The van der Waals surface area contributed by atoms with Crippen LogP contribution in [0.25, 0.3) is 0 Å². The molecule has 0 bridgehead atoms. The largest absolute Gasteiger partial charge is 0.496 e. The van der Waals surface area contributed by atoms with Gasteiger partial charge in [-0.1, -0.05) is 24.3 Å². The van der Waals surface area contributed by atoms with E-state index >= 15 is 0 Å². The van der Waals surface area contributed by atoms with Crippen molar-refractivity contribution in [1.29, 1.82) is 0 Å². The number of nitrogens with one attached hydrogen (secondary N) is 1. The molecule has 0 aliphatic heterocycles. The first kappa shape index (κ1) is 13.1. The number of amides is 1. The molecule has 20 heavy (non-hydrogen) atoms. The van der Waals surface area contributed by atoms with Gasteiger partial charge in [-0.15, -0.1) is 11.3 Å². The van der Waals surface area contributed by atoms with Crippen LogP contribution in [0.15, 0.2) is 35.7 Å². The summed E-state index contributed by atoms with van der Waals surface area (Å²) in [6.07, 6.45) is 0.00715. The average molecular weight is 289 g/mol. The van der Waals surface area contributed by atoms with E-state index < -0.39 is 6.10 Å². The van der Waals surface area contributed by atoms with E-state index in [2.05, 4.69) is 5.32 Å². The maximum atomic E-state index is 12.2. The lowest BCUT2D eigenvalue weighted by molar-refractivity contribution is 0.0862. The maximum Gasteiger partial charge on any atom is 0.262 e. The molecule has 1 aliphatic rings. The predicted octanol–water partition coefficient (Wildman–Crippen LogP) is 2.14. The number of fused-ring (bicyclic) bond motifs is 1. The molecule has 1 aromatic carbocycles. The Morgan fingerprint density at radius 1 is 1.45 bits per heavy atom. The van der Waals surface area contributed by atoms with Gasteiger partial charge in [0, 0.05) is 17.9 Å². The first-order valence-corrected chi connectivity index (χ1v) is 7.26. The summed E-state index contributed by atoms with van der Waals surface area (Å²) in [5.74, 6) is 0.492. The minimum Gasteiger partial charge on any atom is -0.496 e. The number of hydrogen-bond donors (Lipinski definition) is 2. The standard InChI is InChI=1S/C15H15NO3S/c1-19-10-7-13(20-8-10)15(18)16-14-11-5-3-2-4-9(11)6-12(14)17/h2-5,7-8,12,14,17H,6H2,1H3,(H,16,18). The van der Waals surface area contributed by atoms with Crippen molar-refractivity contribution in [3.8, 4) is 5.75 Å². The maximum absolute atomic E-state index is 12.2. The van der Waals surface area contributed by atoms with Crippen molar-refractivity contribution >= 4 is 17.2 Å². The molecule has 1 aromatic heterocycles. The van der Waals surface area contributed by atoms with Gasteiger partial charge in [0.25, 0.3) is 5.91 Å². The summed E-state index contributed by atoms with van der Waals surface area (Å²) in [4.78, 5) is 12.8. The van der Waals surface area contributed by atoms with Crippen LogP contribution in [0.3, 0.4) is 0 Å². The van der Waals surface area contributed by atoms with Crippen molar-refractivity contribution < 1.29 is 14.6 Å². The van der Waals surface area contributed by atoms with Gasteiger partial charge in [-0.2, -0.15) is 0 Å². The summed E-state index contributed by atoms with van der Waals surface area (Å²) < 4.78 is 5.07. The molecule has 2 N–H and O–H groups in total. The van der Waals surface area contributed by atoms with Gasteiger partial charge in [-0.25, -0.2) is 0 Å². The Bertz CT molecular complexity index is 638. The lowest BCUT2D eigenvalue weighted by Gasteiger charge is -2.17. The fraction of sp³-hybridized carbons (Fsp3) is 0.267. The van der Waals surface area contributed by atoms with Crippen LogP contribution >= 0.6 is 11.3 Å². The molecule has 104 valence electrons. The summed E-state index contributed by atoms with van der Waals surface area (Å²) >= 11 is 1.33. The van der Waals surface area contributed by atoms with E-state index in [1.54, 1.807) is 18.6 Å². The van der Waals surface area contributed by atoms with Gasteiger partial charge in [-0.05, 0) is 11.1 Å². The molecular formula is C15H15NO3S.